The van der Waals surface area contributed by atoms with Crippen molar-refractivity contribution in [2.75, 3.05) is 5.73 Å². The summed E-state index contributed by atoms with van der Waals surface area (Å²) in [5, 5.41) is 1.08. The summed E-state index contributed by atoms with van der Waals surface area (Å²) in [4.78, 5) is 3.59. The van der Waals surface area contributed by atoms with Gasteiger partial charge in [0.25, 0.3) is 0 Å². The van der Waals surface area contributed by atoms with Crippen molar-refractivity contribution in [2.24, 2.45) is 0 Å². The number of nitrogens with zero attached hydrogens (tertiary/aromatic N) is 2. The fraction of sp³-hybridized carbons (Fsp3) is 0.0870. The van der Waals surface area contributed by atoms with E-state index in [2.05, 4.69) is 52.9 Å². The van der Waals surface area contributed by atoms with Gasteiger partial charge in [0, 0.05) is 29.5 Å². The average molecular weight is 337 g/mol. The maximum atomic E-state index is 7.34. The lowest BCUT2D eigenvalue weighted by Crippen LogP contribution is -1.97. The molecule has 0 spiro atoms. The van der Waals surface area contributed by atoms with Crippen molar-refractivity contribution in [1.82, 2.24) is 4.57 Å². The number of benzene rings is 3. The average Bonchev–Trinajstić information content (AvgIpc) is 2.99. The third kappa shape index (κ3) is 2.94. The highest BCUT2D eigenvalue weighted by molar-refractivity contribution is 5.98. The van der Waals surface area contributed by atoms with Gasteiger partial charge < -0.3 is 10.3 Å². The number of hydrogen-bond donors (Lipinski definition) is 1. The van der Waals surface area contributed by atoms with E-state index in [-0.39, 0.29) is 0 Å². The Balaban J connectivity index is 1.90. The van der Waals surface area contributed by atoms with E-state index in [0.717, 1.165) is 34.3 Å². The minimum absolute atomic E-state index is 0.649. The first kappa shape index (κ1) is 16.0. The second-order valence-electron chi connectivity index (χ2n) is 6.60. The number of anilines is 1. The molecule has 1 aromatic heterocycles. The first-order valence-corrected chi connectivity index (χ1v) is 8.56. The molecule has 1 heterocycles. The van der Waals surface area contributed by atoms with Gasteiger partial charge in [-0.05, 0) is 47.7 Å². The molecule has 3 heteroatoms. The largest absolute Gasteiger partial charge is 0.399 e. The maximum Gasteiger partial charge on any atom is 0.188 e. The zero-order chi connectivity index (χ0) is 18.1. The molecule has 4 aromatic rings. The molecule has 2 N–H and O–H groups in total. The van der Waals surface area contributed by atoms with Gasteiger partial charge in [-0.25, -0.2) is 4.85 Å². The third-order valence-electron chi connectivity index (χ3n) is 4.63. The number of aromatic nitrogens is 1. The molecule has 26 heavy (non-hydrogen) atoms. The van der Waals surface area contributed by atoms with Crippen LogP contribution in [-0.2, 0) is 6.54 Å². The minimum Gasteiger partial charge on any atom is -0.399 e. The lowest BCUT2D eigenvalue weighted by molar-refractivity contribution is 0.836. The van der Waals surface area contributed by atoms with Crippen LogP contribution in [0.5, 0.6) is 0 Å². The van der Waals surface area contributed by atoms with E-state index in [9.17, 15) is 0 Å². The Morgan fingerprint density at radius 2 is 1.85 bits per heavy atom. The lowest BCUT2D eigenvalue weighted by Gasteiger charge is -2.06. The first-order chi connectivity index (χ1) is 12.6. The van der Waals surface area contributed by atoms with Gasteiger partial charge in [0.2, 0.25) is 0 Å². The van der Waals surface area contributed by atoms with Crippen molar-refractivity contribution >= 4 is 22.3 Å². The quantitative estimate of drug-likeness (QED) is 0.372. The van der Waals surface area contributed by atoms with E-state index in [1.165, 1.54) is 11.1 Å². The molecule has 0 amide bonds. The van der Waals surface area contributed by atoms with E-state index >= 15 is 0 Å². The Morgan fingerprint density at radius 1 is 1.00 bits per heavy atom. The van der Waals surface area contributed by atoms with Crippen LogP contribution in [0.1, 0.15) is 11.1 Å². The normalized spacial score (nSPS) is 10.8. The minimum atomic E-state index is 0.649. The van der Waals surface area contributed by atoms with E-state index < -0.39 is 0 Å². The highest BCUT2D eigenvalue weighted by Crippen LogP contribution is 2.34. The molecule has 0 aliphatic heterocycles. The Hall–Kier alpha value is -3.51. The van der Waals surface area contributed by atoms with E-state index in [4.69, 9.17) is 12.3 Å². The van der Waals surface area contributed by atoms with Crippen molar-refractivity contribution < 1.29 is 0 Å². The van der Waals surface area contributed by atoms with E-state index in [1.807, 2.05) is 36.4 Å². The van der Waals surface area contributed by atoms with Crippen molar-refractivity contribution in [1.29, 1.82) is 0 Å². The molecule has 0 aliphatic carbocycles. The Labute approximate surface area is 153 Å². The highest BCUT2D eigenvalue weighted by atomic mass is 15.0. The summed E-state index contributed by atoms with van der Waals surface area (Å²) >= 11 is 0. The summed E-state index contributed by atoms with van der Waals surface area (Å²) in [5.74, 6) is 0. The van der Waals surface area contributed by atoms with Crippen molar-refractivity contribution in [3.63, 3.8) is 0 Å². The zero-order valence-corrected chi connectivity index (χ0v) is 14.6. The number of rotatable bonds is 3. The smallest absolute Gasteiger partial charge is 0.188 e. The second-order valence-corrected chi connectivity index (χ2v) is 6.60. The summed E-state index contributed by atoms with van der Waals surface area (Å²) in [6.07, 6.45) is 2.16. The van der Waals surface area contributed by atoms with Crippen LogP contribution in [-0.4, -0.2) is 4.57 Å². The van der Waals surface area contributed by atoms with E-state index in [0.29, 0.717) is 5.69 Å². The van der Waals surface area contributed by atoms with Gasteiger partial charge in [-0.15, -0.1) is 0 Å². The molecule has 3 aromatic carbocycles. The topological polar surface area (TPSA) is 35.3 Å². The van der Waals surface area contributed by atoms with Crippen LogP contribution in [0, 0.1) is 13.5 Å². The predicted octanol–water partition coefficient (Wildman–Crippen LogP) is 5.80. The molecule has 0 saturated carbocycles. The van der Waals surface area contributed by atoms with Gasteiger partial charge in [-0.3, -0.25) is 0 Å². The Bertz CT molecular complexity index is 1150. The standard InChI is InChI=1S/C23H19N3/c1-16-5-3-6-17(11-16)14-26-15-22(18-7-4-8-19(24)12-18)21-13-20(25-2)9-10-23(21)26/h3-13,15H,14,24H2,1H3. The number of aryl methyl sites for hydroxylation is 1. The molecule has 0 aliphatic rings. The fourth-order valence-electron chi connectivity index (χ4n) is 3.43. The van der Waals surface area contributed by atoms with Crippen molar-refractivity contribution in [2.45, 2.75) is 13.5 Å². The fourth-order valence-corrected chi connectivity index (χ4v) is 3.43. The van der Waals surface area contributed by atoms with Gasteiger partial charge in [0.1, 0.15) is 0 Å². The Morgan fingerprint density at radius 3 is 2.62 bits per heavy atom. The molecule has 3 nitrogen and oxygen atoms in total. The third-order valence-corrected chi connectivity index (χ3v) is 4.63. The van der Waals surface area contributed by atoms with Crippen LogP contribution in [0.2, 0.25) is 0 Å². The predicted molar refractivity (Wildman–Crippen MR) is 108 cm³/mol. The molecule has 0 radical (unpaired) electrons. The molecule has 0 atom stereocenters. The highest BCUT2D eigenvalue weighted by Gasteiger charge is 2.12. The molecule has 0 saturated heterocycles. The van der Waals surface area contributed by atoms with Gasteiger partial charge in [0.05, 0.1) is 6.57 Å². The zero-order valence-electron chi connectivity index (χ0n) is 14.6. The van der Waals surface area contributed by atoms with Crippen LogP contribution in [0.15, 0.2) is 72.9 Å². The number of nitrogen functional groups attached to an aromatic ring is 1. The molecule has 0 unspecified atom stereocenters. The van der Waals surface area contributed by atoms with Crippen LogP contribution in [0.3, 0.4) is 0 Å². The van der Waals surface area contributed by atoms with Crippen molar-refractivity contribution in [3.8, 4) is 11.1 Å². The molecule has 126 valence electrons. The van der Waals surface area contributed by atoms with Crippen LogP contribution in [0.25, 0.3) is 26.9 Å². The SMILES string of the molecule is [C-]#[N+]c1ccc2c(c1)c(-c1cccc(N)c1)cn2Cc1cccc(C)c1. The summed E-state index contributed by atoms with van der Waals surface area (Å²) in [7, 11) is 0. The monoisotopic (exact) mass is 337 g/mol. The van der Waals surface area contributed by atoms with Gasteiger partial charge >= 0.3 is 0 Å². The number of hydrogen-bond acceptors (Lipinski definition) is 1. The van der Waals surface area contributed by atoms with Gasteiger partial charge in [0.15, 0.2) is 5.69 Å². The van der Waals surface area contributed by atoms with Crippen LogP contribution >= 0.6 is 0 Å². The summed E-state index contributed by atoms with van der Waals surface area (Å²) < 4.78 is 2.25. The first-order valence-electron chi connectivity index (χ1n) is 8.56. The summed E-state index contributed by atoms with van der Waals surface area (Å²) in [6, 6.07) is 22.3. The molecular formula is C23H19N3. The molecular weight excluding hydrogens is 318 g/mol. The summed E-state index contributed by atoms with van der Waals surface area (Å²) in [6.45, 7) is 10.2. The van der Waals surface area contributed by atoms with E-state index in [1.54, 1.807) is 0 Å². The molecule has 0 bridgehead atoms. The number of nitrogens with two attached hydrogens (primary N) is 1. The Kier molecular flexibility index (Phi) is 3.95. The molecule has 0 fully saturated rings. The lowest BCUT2D eigenvalue weighted by atomic mass is 10.0. The van der Waals surface area contributed by atoms with Crippen molar-refractivity contribution in [3.05, 3.63) is 95.5 Å². The second kappa shape index (κ2) is 6.42. The number of fused-ring (bicyclic) bond motifs is 1. The van der Waals surface area contributed by atoms with Gasteiger partial charge in [-0.2, -0.15) is 0 Å². The maximum absolute atomic E-state index is 7.34. The summed E-state index contributed by atoms with van der Waals surface area (Å²) in [5.41, 5.74) is 13.2. The van der Waals surface area contributed by atoms with Crippen LogP contribution < -0.4 is 5.73 Å². The van der Waals surface area contributed by atoms with Gasteiger partial charge in [-0.1, -0.05) is 48.0 Å². The molecule has 4 rings (SSSR count). The van der Waals surface area contributed by atoms with Crippen LogP contribution in [0.4, 0.5) is 11.4 Å².